The topological polar surface area (TPSA) is 58.6 Å². The summed E-state index contributed by atoms with van der Waals surface area (Å²) >= 11 is 1.53. The molecule has 0 aliphatic rings. The maximum atomic E-state index is 11.0. The lowest BCUT2D eigenvalue weighted by Crippen LogP contribution is -2.29. The van der Waals surface area contributed by atoms with Crippen LogP contribution in [-0.4, -0.2) is 48.9 Å². The van der Waals surface area contributed by atoms with Crippen molar-refractivity contribution in [2.45, 2.75) is 19.4 Å². The van der Waals surface area contributed by atoms with Gasteiger partial charge in [-0.2, -0.15) is 0 Å². The summed E-state index contributed by atoms with van der Waals surface area (Å²) in [5.74, 6) is 1.03. The fourth-order valence-electron chi connectivity index (χ4n) is 0.954. The van der Waals surface area contributed by atoms with E-state index in [-0.39, 0.29) is 18.6 Å². The van der Waals surface area contributed by atoms with Gasteiger partial charge in [-0.1, -0.05) is 0 Å². The number of rotatable bonds is 8. The van der Waals surface area contributed by atoms with Crippen molar-refractivity contribution in [3.8, 4) is 0 Å². The first-order valence-corrected chi connectivity index (χ1v) is 5.91. The second-order valence-corrected chi connectivity index (χ2v) is 3.85. The molecule has 5 heteroatoms. The minimum absolute atomic E-state index is 0.170. The van der Waals surface area contributed by atoms with Crippen molar-refractivity contribution in [2.24, 2.45) is 0 Å². The smallest absolute Gasteiger partial charge is 0.315 e. The highest BCUT2D eigenvalue weighted by Crippen LogP contribution is 2.05. The number of thioether (sulfide) groups is 1. The number of hydrogen-bond acceptors (Lipinski definition) is 5. The Balaban J connectivity index is 3.45. The summed E-state index contributed by atoms with van der Waals surface area (Å²) in [5.41, 5.74) is 0. The van der Waals surface area contributed by atoms with Gasteiger partial charge in [0.15, 0.2) is 0 Å². The lowest BCUT2D eigenvalue weighted by molar-refractivity contribution is -0.139. The van der Waals surface area contributed by atoms with E-state index < -0.39 is 0 Å². The van der Waals surface area contributed by atoms with Crippen LogP contribution < -0.4 is 5.32 Å². The molecule has 0 amide bonds. The number of carbonyl (C=O) groups is 1. The van der Waals surface area contributed by atoms with Crippen LogP contribution in [0.2, 0.25) is 0 Å². The molecule has 0 spiro atoms. The number of aliphatic hydroxyl groups excluding tert-OH is 1. The predicted molar refractivity (Wildman–Crippen MR) is 58.5 cm³/mol. The van der Waals surface area contributed by atoms with Gasteiger partial charge in [0, 0.05) is 18.4 Å². The molecule has 1 atom stereocenters. The number of carbonyl (C=O) groups excluding carboxylic acids is 1. The van der Waals surface area contributed by atoms with Crippen LogP contribution in [-0.2, 0) is 9.53 Å². The quantitative estimate of drug-likeness (QED) is 0.576. The van der Waals surface area contributed by atoms with Crippen molar-refractivity contribution in [3.05, 3.63) is 0 Å². The van der Waals surface area contributed by atoms with E-state index in [0.717, 1.165) is 5.75 Å². The molecule has 0 aromatic rings. The van der Waals surface area contributed by atoms with Crippen LogP contribution in [0.15, 0.2) is 0 Å². The zero-order valence-electron chi connectivity index (χ0n) is 8.78. The minimum Gasteiger partial charge on any atom is -0.465 e. The van der Waals surface area contributed by atoms with E-state index in [1.54, 1.807) is 6.92 Å². The van der Waals surface area contributed by atoms with E-state index in [2.05, 4.69) is 5.32 Å². The van der Waals surface area contributed by atoms with Crippen molar-refractivity contribution in [3.63, 3.8) is 0 Å². The largest absolute Gasteiger partial charge is 0.465 e. The summed E-state index contributed by atoms with van der Waals surface area (Å²) in [6.45, 7) is 2.40. The second kappa shape index (κ2) is 9.30. The molecule has 14 heavy (non-hydrogen) atoms. The first kappa shape index (κ1) is 13.7. The summed E-state index contributed by atoms with van der Waals surface area (Å²) in [5, 5.41) is 11.8. The van der Waals surface area contributed by atoms with Crippen LogP contribution in [0.4, 0.5) is 0 Å². The maximum absolute atomic E-state index is 11.0. The van der Waals surface area contributed by atoms with Gasteiger partial charge in [0.25, 0.3) is 0 Å². The summed E-state index contributed by atoms with van der Waals surface area (Å²) in [7, 11) is 1.85. The SMILES string of the molecule is CCOC(=O)CSCC(CCO)NC. The van der Waals surface area contributed by atoms with Crippen LogP contribution in [0.5, 0.6) is 0 Å². The zero-order chi connectivity index (χ0) is 10.8. The Hall–Kier alpha value is -0.260. The van der Waals surface area contributed by atoms with Crippen molar-refractivity contribution in [1.29, 1.82) is 0 Å². The third-order valence-corrected chi connectivity index (χ3v) is 2.81. The molecular weight excluding hydrogens is 202 g/mol. The molecule has 0 rings (SSSR count). The molecule has 4 nitrogen and oxygen atoms in total. The van der Waals surface area contributed by atoms with E-state index in [1.807, 2.05) is 7.05 Å². The lowest BCUT2D eigenvalue weighted by Gasteiger charge is -2.13. The fourth-order valence-corrected chi connectivity index (χ4v) is 1.94. The molecule has 0 heterocycles. The molecule has 0 aromatic carbocycles. The molecule has 1 unspecified atom stereocenters. The van der Waals surface area contributed by atoms with Crippen LogP contribution >= 0.6 is 11.8 Å². The van der Waals surface area contributed by atoms with E-state index in [0.29, 0.717) is 18.8 Å². The van der Waals surface area contributed by atoms with Crippen LogP contribution in [0.3, 0.4) is 0 Å². The normalized spacial score (nSPS) is 12.5. The number of esters is 1. The second-order valence-electron chi connectivity index (χ2n) is 2.82. The highest BCUT2D eigenvalue weighted by Gasteiger charge is 2.07. The summed E-state index contributed by atoms with van der Waals surface area (Å²) in [6, 6.07) is 0.263. The Kier molecular flexibility index (Phi) is 9.13. The van der Waals surface area contributed by atoms with Gasteiger partial charge in [-0.05, 0) is 20.4 Å². The number of ether oxygens (including phenoxy) is 1. The van der Waals surface area contributed by atoms with Crippen LogP contribution in [0.1, 0.15) is 13.3 Å². The summed E-state index contributed by atoms with van der Waals surface area (Å²) in [4.78, 5) is 11.0. The zero-order valence-corrected chi connectivity index (χ0v) is 9.60. The van der Waals surface area contributed by atoms with E-state index in [1.165, 1.54) is 11.8 Å². The Labute approximate surface area is 89.4 Å². The molecule has 0 saturated heterocycles. The van der Waals surface area contributed by atoms with E-state index >= 15 is 0 Å². The van der Waals surface area contributed by atoms with Gasteiger partial charge in [0.1, 0.15) is 0 Å². The van der Waals surface area contributed by atoms with E-state index in [4.69, 9.17) is 9.84 Å². The molecule has 0 fully saturated rings. The molecule has 0 aromatic heterocycles. The highest BCUT2D eigenvalue weighted by molar-refractivity contribution is 7.99. The molecule has 0 aliphatic heterocycles. The standard InChI is InChI=1S/C9H19NO3S/c1-3-13-9(12)7-14-6-8(10-2)4-5-11/h8,10-11H,3-7H2,1-2H3. The third-order valence-electron chi connectivity index (χ3n) is 1.73. The number of nitrogens with one attached hydrogen (secondary N) is 1. The molecule has 2 N–H and O–H groups in total. The highest BCUT2D eigenvalue weighted by atomic mass is 32.2. The lowest BCUT2D eigenvalue weighted by atomic mass is 10.2. The van der Waals surface area contributed by atoms with Crippen LogP contribution in [0.25, 0.3) is 0 Å². The predicted octanol–water partition coefficient (Wildman–Crippen LogP) is 0.253. The van der Waals surface area contributed by atoms with Gasteiger partial charge in [0.2, 0.25) is 0 Å². The number of aliphatic hydroxyl groups is 1. The van der Waals surface area contributed by atoms with Gasteiger partial charge < -0.3 is 15.2 Å². The summed E-state index contributed by atoms with van der Waals surface area (Å²) < 4.78 is 4.79. The van der Waals surface area contributed by atoms with Crippen molar-refractivity contribution >= 4 is 17.7 Å². The molecule has 0 aliphatic carbocycles. The van der Waals surface area contributed by atoms with Gasteiger partial charge in [0.05, 0.1) is 12.4 Å². The Morgan fingerprint density at radius 3 is 2.86 bits per heavy atom. The summed E-state index contributed by atoms with van der Waals surface area (Å²) in [6.07, 6.45) is 0.715. The van der Waals surface area contributed by atoms with Gasteiger partial charge in [-0.25, -0.2) is 0 Å². The molecule has 0 saturated carbocycles. The minimum atomic E-state index is -0.170. The Morgan fingerprint density at radius 2 is 2.36 bits per heavy atom. The van der Waals surface area contributed by atoms with E-state index in [9.17, 15) is 4.79 Å². The van der Waals surface area contributed by atoms with Crippen molar-refractivity contribution in [1.82, 2.24) is 5.32 Å². The Bertz CT molecular complexity index is 155. The maximum Gasteiger partial charge on any atom is 0.315 e. The first-order chi connectivity index (χ1) is 6.74. The fraction of sp³-hybridized carbons (Fsp3) is 0.889. The van der Waals surface area contributed by atoms with Gasteiger partial charge >= 0.3 is 5.97 Å². The van der Waals surface area contributed by atoms with Crippen LogP contribution in [0, 0.1) is 0 Å². The Morgan fingerprint density at radius 1 is 1.64 bits per heavy atom. The monoisotopic (exact) mass is 221 g/mol. The molecule has 84 valence electrons. The van der Waals surface area contributed by atoms with Gasteiger partial charge in [-0.3, -0.25) is 4.79 Å². The molecule has 0 radical (unpaired) electrons. The van der Waals surface area contributed by atoms with Crippen molar-refractivity contribution in [2.75, 3.05) is 31.8 Å². The number of hydrogen-bond donors (Lipinski definition) is 2. The average molecular weight is 221 g/mol. The van der Waals surface area contributed by atoms with Crippen molar-refractivity contribution < 1.29 is 14.6 Å². The third kappa shape index (κ3) is 7.17. The molecule has 0 bridgehead atoms. The molecular formula is C9H19NO3S. The first-order valence-electron chi connectivity index (χ1n) is 4.76. The van der Waals surface area contributed by atoms with Gasteiger partial charge in [-0.15, -0.1) is 11.8 Å². The average Bonchev–Trinajstić information content (AvgIpc) is 2.17.